The molecule has 1 saturated carbocycles. The molecule has 1 aliphatic carbocycles. The Morgan fingerprint density at radius 1 is 1.21 bits per heavy atom. The summed E-state index contributed by atoms with van der Waals surface area (Å²) in [5.74, 6) is 1.03. The number of fused-ring (bicyclic) bond motifs is 1. The standard InChI is InChI=1S/C18H25N3O3/c1-3-24-18(23)21-10-14-15(11-21)16(14)19-8-9-20-17(22)13-7-5-4-6-12(13)2/h4-7,14-16,19H,3,8-11H2,1-2H3,(H,20,22)/t14-,15+,16?. The highest BCUT2D eigenvalue weighted by molar-refractivity contribution is 5.95. The number of benzene rings is 1. The van der Waals surface area contributed by atoms with Crippen molar-refractivity contribution in [1.82, 2.24) is 15.5 Å². The molecule has 24 heavy (non-hydrogen) atoms. The number of nitrogens with zero attached hydrogens (tertiary/aromatic N) is 1. The number of aryl methyl sites for hydroxylation is 1. The monoisotopic (exact) mass is 331 g/mol. The molecular weight excluding hydrogens is 306 g/mol. The number of hydrogen-bond donors (Lipinski definition) is 2. The molecule has 2 aliphatic rings. The van der Waals surface area contributed by atoms with Gasteiger partial charge in [-0.15, -0.1) is 0 Å². The molecule has 6 nitrogen and oxygen atoms in total. The Labute approximate surface area is 142 Å². The topological polar surface area (TPSA) is 70.7 Å². The third kappa shape index (κ3) is 3.53. The van der Waals surface area contributed by atoms with E-state index in [9.17, 15) is 9.59 Å². The van der Waals surface area contributed by atoms with Gasteiger partial charge in [0.05, 0.1) is 6.61 Å². The van der Waals surface area contributed by atoms with E-state index >= 15 is 0 Å². The number of carbonyl (C=O) groups excluding carboxylic acids is 2. The van der Waals surface area contributed by atoms with Gasteiger partial charge in [0, 0.05) is 37.8 Å². The second-order valence-corrected chi connectivity index (χ2v) is 6.48. The molecule has 2 amide bonds. The van der Waals surface area contributed by atoms with Crippen molar-refractivity contribution < 1.29 is 14.3 Å². The van der Waals surface area contributed by atoms with Crippen LogP contribution in [0.1, 0.15) is 22.8 Å². The fourth-order valence-corrected chi connectivity index (χ4v) is 3.53. The molecule has 0 aromatic heterocycles. The average Bonchev–Trinajstić information content (AvgIpc) is 3.02. The third-order valence-electron chi connectivity index (χ3n) is 4.90. The van der Waals surface area contributed by atoms with Gasteiger partial charge in [-0.1, -0.05) is 18.2 Å². The Bertz CT molecular complexity index is 607. The lowest BCUT2D eigenvalue weighted by Crippen LogP contribution is -2.38. The van der Waals surface area contributed by atoms with Gasteiger partial charge < -0.3 is 20.3 Å². The van der Waals surface area contributed by atoms with Gasteiger partial charge in [0.1, 0.15) is 0 Å². The number of ether oxygens (including phenoxy) is 1. The summed E-state index contributed by atoms with van der Waals surface area (Å²) in [5.41, 5.74) is 1.71. The molecule has 1 aromatic rings. The molecule has 3 atom stereocenters. The SMILES string of the molecule is CCOC(=O)N1C[C@@H]2C(NCCNC(=O)c3ccccc3C)[C@@H]2C1. The first-order chi connectivity index (χ1) is 11.6. The number of hydrogen-bond acceptors (Lipinski definition) is 4. The molecular formula is C18H25N3O3. The van der Waals surface area contributed by atoms with Gasteiger partial charge >= 0.3 is 6.09 Å². The molecule has 1 heterocycles. The van der Waals surface area contributed by atoms with Crippen LogP contribution in [0.2, 0.25) is 0 Å². The van der Waals surface area contributed by atoms with Crippen LogP contribution < -0.4 is 10.6 Å². The fraction of sp³-hybridized carbons (Fsp3) is 0.556. The summed E-state index contributed by atoms with van der Waals surface area (Å²) >= 11 is 0. The van der Waals surface area contributed by atoms with Gasteiger partial charge in [0.15, 0.2) is 0 Å². The van der Waals surface area contributed by atoms with Crippen LogP contribution in [0.25, 0.3) is 0 Å². The molecule has 6 heteroatoms. The number of amides is 2. The number of likely N-dealkylation sites (tertiary alicyclic amines) is 1. The van der Waals surface area contributed by atoms with Crippen LogP contribution in [-0.4, -0.2) is 55.7 Å². The van der Waals surface area contributed by atoms with Crippen LogP contribution >= 0.6 is 0 Å². The lowest BCUT2D eigenvalue weighted by atomic mass is 10.1. The molecule has 2 fully saturated rings. The molecule has 130 valence electrons. The fourth-order valence-electron chi connectivity index (χ4n) is 3.53. The predicted octanol–water partition coefficient (Wildman–Crippen LogP) is 1.40. The van der Waals surface area contributed by atoms with E-state index in [-0.39, 0.29) is 12.0 Å². The number of piperidine rings is 1. The highest BCUT2D eigenvalue weighted by Gasteiger charge is 2.56. The largest absolute Gasteiger partial charge is 0.450 e. The average molecular weight is 331 g/mol. The maximum Gasteiger partial charge on any atom is 0.409 e. The smallest absolute Gasteiger partial charge is 0.409 e. The Morgan fingerprint density at radius 2 is 1.92 bits per heavy atom. The molecule has 1 aromatic carbocycles. The Hall–Kier alpha value is -2.08. The zero-order valence-corrected chi connectivity index (χ0v) is 14.2. The van der Waals surface area contributed by atoms with E-state index in [1.54, 1.807) is 4.90 Å². The van der Waals surface area contributed by atoms with Crippen LogP contribution in [0.5, 0.6) is 0 Å². The minimum atomic E-state index is -0.200. The molecule has 0 bridgehead atoms. The summed E-state index contributed by atoms with van der Waals surface area (Å²) in [6, 6.07) is 8.05. The second kappa shape index (κ2) is 7.21. The summed E-state index contributed by atoms with van der Waals surface area (Å²) in [4.78, 5) is 25.5. The highest BCUT2D eigenvalue weighted by atomic mass is 16.6. The van der Waals surface area contributed by atoms with Crippen molar-refractivity contribution in [1.29, 1.82) is 0 Å². The summed E-state index contributed by atoms with van der Waals surface area (Å²) < 4.78 is 5.03. The zero-order valence-electron chi connectivity index (χ0n) is 14.2. The maximum atomic E-state index is 12.1. The van der Waals surface area contributed by atoms with E-state index in [2.05, 4.69) is 10.6 Å². The van der Waals surface area contributed by atoms with Crippen LogP contribution in [0.15, 0.2) is 24.3 Å². The van der Waals surface area contributed by atoms with E-state index in [0.717, 1.165) is 30.8 Å². The quantitative estimate of drug-likeness (QED) is 0.773. The van der Waals surface area contributed by atoms with Crippen LogP contribution in [-0.2, 0) is 4.74 Å². The van der Waals surface area contributed by atoms with E-state index in [1.807, 2.05) is 38.1 Å². The first-order valence-corrected chi connectivity index (χ1v) is 8.60. The van der Waals surface area contributed by atoms with Crippen molar-refractivity contribution in [3.8, 4) is 0 Å². The lowest BCUT2D eigenvalue weighted by molar-refractivity contribution is 0.0952. The lowest BCUT2D eigenvalue weighted by Gasteiger charge is -2.19. The molecule has 1 saturated heterocycles. The summed E-state index contributed by atoms with van der Waals surface area (Å²) in [6.07, 6.45) is -0.200. The van der Waals surface area contributed by atoms with Crippen molar-refractivity contribution in [2.75, 3.05) is 32.8 Å². The third-order valence-corrected chi connectivity index (χ3v) is 4.90. The molecule has 2 N–H and O–H groups in total. The Balaban J connectivity index is 1.33. The van der Waals surface area contributed by atoms with Crippen molar-refractivity contribution >= 4 is 12.0 Å². The molecule has 1 aliphatic heterocycles. The van der Waals surface area contributed by atoms with E-state index < -0.39 is 0 Å². The van der Waals surface area contributed by atoms with E-state index in [0.29, 0.717) is 31.0 Å². The summed E-state index contributed by atoms with van der Waals surface area (Å²) in [5, 5.41) is 6.42. The van der Waals surface area contributed by atoms with Gasteiger partial charge in [-0.3, -0.25) is 4.79 Å². The van der Waals surface area contributed by atoms with Gasteiger partial charge in [0.2, 0.25) is 0 Å². The maximum absolute atomic E-state index is 12.1. The van der Waals surface area contributed by atoms with Gasteiger partial charge in [-0.05, 0) is 37.3 Å². The van der Waals surface area contributed by atoms with Gasteiger partial charge in [-0.2, -0.15) is 0 Å². The Kier molecular flexibility index (Phi) is 5.04. The van der Waals surface area contributed by atoms with Crippen LogP contribution in [0, 0.1) is 18.8 Å². The van der Waals surface area contributed by atoms with Crippen molar-refractivity contribution in [3.63, 3.8) is 0 Å². The number of carbonyl (C=O) groups is 2. The normalized spacial score (nSPS) is 24.4. The number of nitrogens with one attached hydrogen (secondary N) is 2. The summed E-state index contributed by atoms with van der Waals surface area (Å²) in [7, 11) is 0. The molecule has 1 unspecified atom stereocenters. The van der Waals surface area contributed by atoms with Gasteiger partial charge in [-0.25, -0.2) is 4.79 Å². The van der Waals surface area contributed by atoms with Crippen molar-refractivity contribution in [3.05, 3.63) is 35.4 Å². The predicted molar refractivity (Wildman–Crippen MR) is 90.9 cm³/mol. The van der Waals surface area contributed by atoms with Gasteiger partial charge in [0.25, 0.3) is 5.91 Å². The minimum Gasteiger partial charge on any atom is -0.450 e. The summed E-state index contributed by atoms with van der Waals surface area (Å²) in [6.45, 7) is 7.08. The highest BCUT2D eigenvalue weighted by Crippen LogP contribution is 2.45. The zero-order chi connectivity index (χ0) is 17.1. The first-order valence-electron chi connectivity index (χ1n) is 8.60. The van der Waals surface area contributed by atoms with Crippen LogP contribution in [0.3, 0.4) is 0 Å². The van der Waals surface area contributed by atoms with Crippen LogP contribution in [0.4, 0.5) is 4.79 Å². The van der Waals surface area contributed by atoms with Crippen molar-refractivity contribution in [2.24, 2.45) is 11.8 Å². The first kappa shape index (κ1) is 16.8. The molecule has 0 radical (unpaired) electrons. The van der Waals surface area contributed by atoms with Crippen molar-refractivity contribution in [2.45, 2.75) is 19.9 Å². The molecule has 3 rings (SSSR count). The molecule has 0 spiro atoms. The number of rotatable bonds is 6. The Morgan fingerprint density at radius 3 is 2.58 bits per heavy atom. The second-order valence-electron chi connectivity index (χ2n) is 6.48. The minimum absolute atomic E-state index is 0.0284. The van der Waals surface area contributed by atoms with E-state index in [1.165, 1.54) is 0 Å². The van der Waals surface area contributed by atoms with E-state index in [4.69, 9.17) is 4.74 Å².